The van der Waals surface area contributed by atoms with Crippen molar-refractivity contribution in [1.82, 2.24) is 9.80 Å². The Morgan fingerprint density at radius 3 is 2.29 bits per heavy atom. The van der Waals surface area contributed by atoms with Gasteiger partial charge >= 0.3 is 12.0 Å². The van der Waals surface area contributed by atoms with Crippen LogP contribution in [0.3, 0.4) is 0 Å². The number of carboxylic acid groups (broad SMARTS) is 1. The van der Waals surface area contributed by atoms with Crippen molar-refractivity contribution in [2.45, 2.75) is 63.5 Å². The lowest BCUT2D eigenvalue weighted by Gasteiger charge is -2.41. The second-order valence-electron chi connectivity index (χ2n) is 6.61. The van der Waals surface area contributed by atoms with E-state index >= 15 is 0 Å². The Bertz CT molecular complexity index is 414. The van der Waals surface area contributed by atoms with Crippen LogP contribution in [-0.4, -0.2) is 62.8 Å². The van der Waals surface area contributed by atoms with Crippen LogP contribution in [0, 0.1) is 0 Å². The quantitative estimate of drug-likeness (QED) is 0.830. The molecule has 2 N–H and O–H groups in total. The maximum absolute atomic E-state index is 12.7. The first-order valence-electron chi connectivity index (χ1n) is 7.85. The lowest BCUT2D eigenvalue weighted by molar-refractivity contribution is -0.149. The van der Waals surface area contributed by atoms with Gasteiger partial charge in [0.1, 0.15) is 5.54 Å². The van der Waals surface area contributed by atoms with Gasteiger partial charge in [-0.3, -0.25) is 0 Å². The van der Waals surface area contributed by atoms with Gasteiger partial charge in [0.15, 0.2) is 0 Å². The van der Waals surface area contributed by atoms with Crippen molar-refractivity contribution >= 4 is 12.0 Å². The van der Waals surface area contributed by atoms with E-state index in [1.54, 1.807) is 16.7 Å². The molecule has 2 saturated heterocycles. The number of amides is 2. The van der Waals surface area contributed by atoms with Crippen molar-refractivity contribution in [2.24, 2.45) is 0 Å². The molecule has 120 valence electrons. The Hall–Kier alpha value is -1.30. The van der Waals surface area contributed by atoms with E-state index < -0.39 is 17.1 Å². The van der Waals surface area contributed by atoms with Gasteiger partial charge in [-0.1, -0.05) is 13.3 Å². The summed E-state index contributed by atoms with van der Waals surface area (Å²) in [5.41, 5.74) is -1.75. The normalized spacial score (nSPS) is 28.7. The number of aliphatic carboxylic acids is 1. The molecule has 0 spiro atoms. The van der Waals surface area contributed by atoms with E-state index in [0.29, 0.717) is 45.3 Å². The van der Waals surface area contributed by atoms with E-state index in [4.69, 9.17) is 0 Å². The predicted octanol–water partition coefficient (Wildman–Crippen LogP) is 1.67. The van der Waals surface area contributed by atoms with Crippen molar-refractivity contribution in [3.8, 4) is 0 Å². The molecular formula is C15H26N2O4. The van der Waals surface area contributed by atoms with Gasteiger partial charge in [-0.2, -0.15) is 0 Å². The first kappa shape index (κ1) is 16.1. The number of likely N-dealkylation sites (tertiary alicyclic amines) is 2. The summed E-state index contributed by atoms with van der Waals surface area (Å²) in [5, 5.41) is 19.6. The molecule has 2 aliphatic rings. The van der Waals surface area contributed by atoms with Crippen LogP contribution in [-0.2, 0) is 4.79 Å². The molecule has 6 heteroatoms. The molecular weight excluding hydrogens is 272 g/mol. The van der Waals surface area contributed by atoms with Gasteiger partial charge in [0.05, 0.1) is 5.60 Å². The number of piperidine rings is 1. The molecule has 1 atom stereocenters. The number of carbonyl (C=O) groups excluding carboxylic acids is 1. The molecule has 2 rings (SSSR count). The lowest BCUT2D eigenvalue weighted by atomic mass is 9.90. The monoisotopic (exact) mass is 298 g/mol. The van der Waals surface area contributed by atoms with Gasteiger partial charge in [0.25, 0.3) is 0 Å². The minimum Gasteiger partial charge on any atom is -0.479 e. The van der Waals surface area contributed by atoms with E-state index in [9.17, 15) is 19.8 Å². The molecule has 0 radical (unpaired) electrons. The largest absolute Gasteiger partial charge is 0.479 e. The number of rotatable bonds is 3. The summed E-state index contributed by atoms with van der Waals surface area (Å²) < 4.78 is 0. The van der Waals surface area contributed by atoms with Crippen molar-refractivity contribution in [3.63, 3.8) is 0 Å². The molecule has 2 amide bonds. The van der Waals surface area contributed by atoms with Gasteiger partial charge in [0.2, 0.25) is 0 Å². The molecule has 2 heterocycles. The van der Waals surface area contributed by atoms with Crippen LogP contribution in [0.4, 0.5) is 4.79 Å². The van der Waals surface area contributed by atoms with Crippen LogP contribution in [0.1, 0.15) is 52.4 Å². The van der Waals surface area contributed by atoms with E-state index in [1.807, 2.05) is 6.92 Å². The fourth-order valence-electron chi connectivity index (χ4n) is 3.51. The summed E-state index contributed by atoms with van der Waals surface area (Å²) in [7, 11) is 0. The third kappa shape index (κ3) is 3.00. The molecule has 1 unspecified atom stereocenters. The average molecular weight is 298 g/mol. The van der Waals surface area contributed by atoms with Gasteiger partial charge < -0.3 is 20.0 Å². The summed E-state index contributed by atoms with van der Waals surface area (Å²) in [6.45, 7) is 5.22. The maximum Gasteiger partial charge on any atom is 0.329 e. The Morgan fingerprint density at radius 1 is 1.14 bits per heavy atom. The Morgan fingerprint density at radius 2 is 1.76 bits per heavy atom. The SMILES string of the molecule is CCCC1(C(=O)O)CCCN1C(=O)N1CCC(C)(O)CC1. The highest BCUT2D eigenvalue weighted by molar-refractivity contribution is 5.87. The predicted molar refractivity (Wildman–Crippen MR) is 78.0 cm³/mol. The lowest BCUT2D eigenvalue weighted by Crippen LogP contribution is -2.58. The van der Waals surface area contributed by atoms with Gasteiger partial charge in [-0.25, -0.2) is 9.59 Å². The second-order valence-corrected chi connectivity index (χ2v) is 6.61. The van der Waals surface area contributed by atoms with E-state index in [-0.39, 0.29) is 6.03 Å². The van der Waals surface area contributed by atoms with E-state index in [2.05, 4.69) is 0 Å². The molecule has 21 heavy (non-hydrogen) atoms. The highest BCUT2D eigenvalue weighted by Crippen LogP contribution is 2.35. The van der Waals surface area contributed by atoms with Crippen LogP contribution in [0.15, 0.2) is 0 Å². The summed E-state index contributed by atoms with van der Waals surface area (Å²) in [6.07, 6.45) is 3.60. The van der Waals surface area contributed by atoms with Gasteiger partial charge in [-0.05, 0) is 39.0 Å². The third-order valence-electron chi connectivity index (χ3n) is 4.89. The highest BCUT2D eigenvalue weighted by Gasteiger charge is 2.50. The van der Waals surface area contributed by atoms with Crippen molar-refractivity contribution < 1.29 is 19.8 Å². The van der Waals surface area contributed by atoms with Crippen molar-refractivity contribution in [3.05, 3.63) is 0 Å². The van der Waals surface area contributed by atoms with Crippen molar-refractivity contribution in [1.29, 1.82) is 0 Å². The fraction of sp³-hybridized carbons (Fsp3) is 0.867. The molecule has 2 aliphatic heterocycles. The Balaban J connectivity index is 2.12. The molecule has 0 aliphatic carbocycles. The average Bonchev–Trinajstić information content (AvgIpc) is 2.83. The summed E-state index contributed by atoms with van der Waals surface area (Å²) in [5.74, 6) is -0.890. The van der Waals surface area contributed by atoms with Gasteiger partial charge in [-0.15, -0.1) is 0 Å². The number of urea groups is 1. The summed E-state index contributed by atoms with van der Waals surface area (Å²) >= 11 is 0. The molecule has 0 aromatic carbocycles. The topological polar surface area (TPSA) is 81.1 Å². The first-order valence-corrected chi connectivity index (χ1v) is 7.85. The van der Waals surface area contributed by atoms with E-state index in [0.717, 1.165) is 12.8 Å². The Kier molecular flexibility index (Phi) is 4.46. The van der Waals surface area contributed by atoms with Crippen LogP contribution >= 0.6 is 0 Å². The van der Waals surface area contributed by atoms with Crippen LogP contribution in [0.5, 0.6) is 0 Å². The zero-order chi connectivity index (χ0) is 15.7. The van der Waals surface area contributed by atoms with E-state index in [1.165, 1.54) is 0 Å². The van der Waals surface area contributed by atoms with Gasteiger partial charge in [0, 0.05) is 19.6 Å². The number of carbonyl (C=O) groups is 2. The van der Waals surface area contributed by atoms with Crippen molar-refractivity contribution in [2.75, 3.05) is 19.6 Å². The minimum atomic E-state index is -1.04. The number of hydrogen-bond donors (Lipinski definition) is 2. The zero-order valence-corrected chi connectivity index (χ0v) is 13.0. The summed E-state index contributed by atoms with van der Waals surface area (Å²) in [6, 6.07) is -0.182. The summed E-state index contributed by atoms with van der Waals surface area (Å²) in [4.78, 5) is 27.7. The van der Waals surface area contributed by atoms with Crippen LogP contribution in [0.2, 0.25) is 0 Å². The standard InChI is InChI=1S/C15H26N2O4/c1-3-5-15(12(18)19)6-4-9-17(15)13(20)16-10-7-14(2,21)8-11-16/h21H,3-11H2,1-2H3,(H,18,19). The molecule has 0 bridgehead atoms. The number of carboxylic acids is 1. The molecule has 2 fully saturated rings. The first-order chi connectivity index (χ1) is 9.82. The maximum atomic E-state index is 12.7. The smallest absolute Gasteiger partial charge is 0.329 e. The van der Waals surface area contributed by atoms with Crippen LogP contribution < -0.4 is 0 Å². The minimum absolute atomic E-state index is 0.182. The number of nitrogens with zero attached hydrogens (tertiary/aromatic N) is 2. The molecule has 0 aromatic heterocycles. The number of hydrogen-bond acceptors (Lipinski definition) is 3. The third-order valence-corrected chi connectivity index (χ3v) is 4.89. The Labute approximate surface area is 125 Å². The molecule has 6 nitrogen and oxygen atoms in total. The number of aliphatic hydroxyl groups is 1. The zero-order valence-electron chi connectivity index (χ0n) is 13.0. The highest BCUT2D eigenvalue weighted by atomic mass is 16.4. The van der Waals surface area contributed by atoms with Crippen LogP contribution in [0.25, 0.3) is 0 Å². The molecule has 0 aromatic rings. The molecule has 0 saturated carbocycles. The second kappa shape index (κ2) is 5.83. The fourth-order valence-corrected chi connectivity index (χ4v) is 3.51.